The molecule has 1 unspecified atom stereocenters. The Kier molecular flexibility index (Phi) is 6.40. The number of aromatic nitrogens is 2. The minimum Gasteiger partial charge on any atom is -0.324 e. The molecule has 0 fully saturated rings. The molecule has 0 spiro atoms. The number of rotatable bonds is 7. The number of anilines is 3. The highest BCUT2D eigenvalue weighted by Crippen LogP contribution is 2.28. The molecular formula is C26H27N5O3. The van der Waals surface area contributed by atoms with Crippen LogP contribution in [0, 0.1) is 19.8 Å². The van der Waals surface area contributed by atoms with Gasteiger partial charge in [0.1, 0.15) is 6.04 Å². The summed E-state index contributed by atoms with van der Waals surface area (Å²) in [7, 11) is 0. The van der Waals surface area contributed by atoms with Crippen molar-refractivity contribution < 1.29 is 14.4 Å². The summed E-state index contributed by atoms with van der Waals surface area (Å²) in [4.78, 5) is 49.2. The van der Waals surface area contributed by atoms with E-state index in [1.807, 2.05) is 39.8 Å². The molecule has 4 rings (SSSR count). The first kappa shape index (κ1) is 23.1. The van der Waals surface area contributed by atoms with Gasteiger partial charge in [-0.25, -0.2) is 9.97 Å². The highest BCUT2D eigenvalue weighted by Gasteiger charge is 2.42. The number of fused-ring (bicyclic) bond motifs is 1. The lowest BCUT2D eigenvalue weighted by Gasteiger charge is -2.26. The molecule has 8 nitrogen and oxygen atoms in total. The van der Waals surface area contributed by atoms with Crippen LogP contribution in [0.3, 0.4) is 0 Å². The van der Waals surface area contributed by atoms with Gasteiger partial charge in [-0.05, 0) is 62.6 Å². The molecule has 1 aliphatic rings. The van der Waals surface area contributed by atoms with Crippen LogP contribution in [0.5, 0.6) is 0 Å². The van der Waals surface area contributed by atoms with Gasteiger partial charge in [0, 0.05) is 22.8 Å². The van der Waals surface area contributed by atoms with Gasteiger partial charge in [0.05, 0.1) is 11.1 Å². The molecule has 3 amide bonds. The lowest BCUT2D eigenvalue weighted by Crippen LogP contribution is -2.47. The van der Waals surface area contributed by atoms with Gasteiger partial charge in [-0.15, -0.1) is 0 Å². The summed E-state index contributed by atoms with van der Waals surface area (Å²) in [5.41, 5.74) is 3.57. The first-order valence-corrected chi connectivity index (χ1v) is 11.2. The van der Waals surface area contributed by atoms with E-state index in [4.69, 9.17) is 0 Å². The van der Waals surface area contributed by atoms with Crippen LogP contribution < -0.4 is 10.6 Å². The van der Waals surface area contributed by atoms with Crippen molar-refractivity contribution in [3.05, 3.63) is 77.1 Å². The number of carbonyl (C=O) groups excluding carboxylic acids is 3. The molecule has 1 atom stereocenters. The average molecular weight is 458 g/mol. The third-order valence-corrected chi connectivity index (χ3v) is 5.50. The van der Waals surface area contributed by atoms with Crippen molar-refractivity contribution in [1.82, 2.24) is 14.9 Å². The largest absolute Gasteiger partial charge is 0.324 e. The quantitative estimate of drug-likeness (QED) is 0.507. The third kappa shape index (κ3) is 4.80. The molecule has 0 radical (unpaired) electrons. The highest BCUT2D eigenvalue weighted by molar-refractivity contribution is 6.23. The number of hydrogen-bond acceptors (Lipinski definition) is 6. The first-order chi connectivity index (χ1) is 16.2. The predicted molar refractivity (Wildman–Crippen MR) is 130 cm³/mol. The Morgan fingerprint density at radius 1 is 0.882 bits per heavy atom. The summed E-state index contributed by atoms with van der Waals surface area (Å²) in [5, 5.41) is 6.02. The van der Waals surface area contributed by atoms with Gasteiger partial charge >= 0.3 is 0 Å². The lowest BCUT2D eigenvalue weighted by molar-refractivity contribution is -0.120. The van der Waals surface area contributed by atoms with Crippen molar-refractivity contribution in [2.75, 3.05) is 10.6 Å². The summed E-state index contributed by atoms with van der Waals surface area (Å²) in [6, 6.07) is 14.8. The van der Waals surface area contributed by atoms with Crippen LogP contribution in [0.2, 0.25) is 0 Å². The van der Waals surface area contributed by atoms with E-state index < -0.39 is 23.8 Å². The molecule has 0 bridgehead atoms. The van der Waals surface area contributed by atoms with Gasteiger partial charge in [0.25, 0.3) is 11.8 Å². The van der Waals surface area contributed by atoms with E-state index in [0.29, 0.717) is 34.9 Å². The number of hydrogen-bond donors (Lipinski definition) is 2. The van der Waals surface area contributed by atoms with E-state index in [1.165, 1.54) is 0 Å². The Bertz CT molecular complexity index is 1220. The number of nitrogens with one attached hydrogen (secondary N) is 2. The van der Waals surface area contributed by atoms with E-state index in [-0.39, 0.29) is 5.92 Å². The first-order valence-electron chi connectivity index (χ1n) is 11.2. The maximum Gasteiger partial charge on any atom is 0.262 e. The second-order valence-corrected chi connectivity index (χ2v) is 8.84. The maximum absolute atomic E-state index is 13.3. The Morgan fingerprint density at radius 3 is 2.06 bits per heavy atom. The third-order valence-electron chi connectivity index (χ3n) is 5.50. The van der Waals surface area contributed by atoms with Crippen LogP contribution in [0.15, 0.2) is 54.6 Å². The van der Waals surface area contributed by atoms with Gasteiger partial charge in [0.2, 0.25) is 11.9 Å². The van der Waals surface area contributed by atoms with Crippen molar-refractivity contribution in [2.24, 2.45) is 5.92 Å². The smallest absolute Gasteiger partial charge is 0.262 e. The SMILES string of the molecule is Cc1cc(C)nc(Nc2cccc(NC(=O)C(CC(C)C)N3C(=O)c4ccccc4C3=O)c2)n1. The van der Waals surface area contributed by atoms with Gasteiger partial charge in [0.15, 0.2) is 0 Å². The second kappa shape index (κ2) is 9.43. The Morgan fingerprint density at radius 2 is 1.47 bits per heavy atom. The molecule has 2 heterocycles. The number of benzene rings is 2. The normalized spacial score (nSPS) is 13.7. The molecule has 8 heteroatoms. The van der Waals surface area contributed by atoms with Crippen molar-refractivity contribution in [1.29, 1.82) is 0 Å². The lowest BCUT2D eigenvalue weighted by atomic mass is 10.0. The van der Waals surface area contributed by atoms with Crippen LogP contribution >= 0.6 is 0 Å². The number of nitrogens with zero attached hydrogens (tertiary/aromatic N) is 3. The molecule has 1 aromatic heterocycles. The number of aryl methyl sites for hydroxylation is 2. The second-order valence-electron chi connectivity index (χ2n) is 8.84. The molecule has 0 aliphatic carbocycles. The van der Waals surface area contributed by atoms with Gasteiger partial charge < -0.3 is 10.6 Å². The van der Waals surface area contributed by atoms with Crippen LogP contribution in [0.25, 0.3) is 0 Å². The standard InChI is InChI=1S/C26H27N5O3/c1-15(2)12-22(31-24(33)20-10-5-6-11-21(20)25(31)34)23(32)29-18-8-7-9-19(14-18)30-26-27-16(3)13-17(4)28-26/h5-11,13-15,22H,12H2,1-4H3,(H,29,32)(H,27,28,30). The zero-order chi connectivity index (χ0) is 24.4. The molecule has 2 N–H and O–H groups in total. The summed E-state index contributed by atoms with van der Waals surface area (Å²) in [5.74, 6) is -0.741. The van der Waals surface area contributed by atoms with Gasteiger partial charge in [-0.2, -0.15) is 0 Å². The minimum atomic E-state index is -0.924. The van der Waals surface area contributed by atoms with Gasteiger partial charge in [-0.3, -0.25) is 19.3 Å². The fraction of sp³-hybridized carbons (Fsp3) is 0.269. The van der Waals surface area contributed by atoms with E-state index >= 15 is 0 Å². The number of amides is 3. The fourth-order valence-electron chi connectivity index (χ4n) is 4.08. The summed E-state index contributed by atoms with van der Waals surface area (Å²) in [6.45, 7) is 7.69. The molecule has 34 heavy (non-hydrogen) atoms. The molecule has 0 saturated heterocycles. The zero-order valence-electron chi connectivity index (χ0n) is 19.6. The van der Waals surface area contributed by atoms with Crippen LogP contribution in [-0.2, 0) is 4.79 Å². The van der Waals surface area contributed by atoms with Crippen molar-refractivity contribution in [3.8, 4) is 0 Å². The molecule has 0 saturated carbocycles. The molecule has 3 aromatic rings. The van der Waals surface area contributed by atoms with Crippen LogP contribution in [-0.4, -0.2) is 38.6 Å². The average Bonchev–Trinajstić information content (AvgIpc) is 3.02. The number of imide groups is 1. The Balaban J connectivity index is 1.55. The van der Waals surface area contributed by atoms with E-state index in [1.54, 1.807) is 42.5 Å². The molecular weight excluding hydrogens is 430 g/mol. The number of carbonyl (C=O) groups is 3. The van der Waals surface area contributed by atoms with Crippen molar-refractivity contribution >= 4 is 35.0 Å². The van der Waals surface area contributed by atoms with E-state index in [9.17, 15) is 14.4 Å². The highest BCUT2D eigenvalue weighted by atomic mass is 16.2. The molecule has 2 aromatic carbocycles. The Hall–Kier alpha value is -4.07. The summed E-state index contributed by atoms with van der Waals surface area (Å²) in [6.07, 6.45) is 0.353. The van der Waals surface area contributed by atoms with E-state index in [0.717, 1.165) is 16.3 Å². The molecule has 1 aliphatic heterocycles. The van der Waals surface area contributed by atoms with E-state index in [2.05, 4.69) is 20.6 Å². The summed E-state index contributed by atoms with van der Waals surface area (Å²) >= 11 is 0. The summed E-state index contributed by atoms with van der Waals surface area (Å²) < 4.78 is 0. The topological polar surface area (TPSA) is 104 Å². The fourth-order valence-corrected chi connectivity index (χ4v) is 4.08. The minimum absolute atomic E-state index is 0.0924. The maximum atomic E-state index is 13.3. The van der Waals surface area contributed by atoms with Crippen LogP contribution in [0.1, 0.15) is 52.4 Å². The predicted octanol–water partition coefficient (Wildman–Crippen LogP) is 4.49. The van der Waals surface area contributed by atoms with Gasteiger partial charge in [-0.1, -0.05) is 32.0 Å². The monoisotopic (exact) mass is 457 g/mol. The van der Waals surface area contributed by atoms with Crippen molar-refractivity contribution in [3.63, 3.8) is 0 Å². The Labute approximate surface area is 198 Å². The van der Waals surface area contributed by atoms with Crippen molar-refractivity contribution in [2.45, 2.75) is 40.2 Å². The zero-order valence-corrected chi connectivity index (χ0v) is 19.6. The van der Waals surface area contributed by atoms with Crippen LogP contribution in [0.4, 0.5) is 17.3 Å². The molecule has 174 valence electrons.